The molecule has 3 aromatic carbocycles. The summed E-state index contributed by atoms with van der Waals surface area (Å²) in [5.74, 6) is -0.0182. The van der Waals surface area contributed by atoms with Gasteiger partial charge in [-0.25, -0.2) is 4.99 Å². The van der Waals surface area contributed by atoms with Gasteiger partial charge in [-0.05, 0) is 55.3 Å². The molecule has 0 heterocycles. The van der Waals surface area contributed by atoms with Crippen molar-refractivity contribution in [1.82, 2.24) is 0 Å². The van der Waals surface area contributed by atoms with E-state index in [0.29, 0.717) is 11.3 Å². The molecule has 0 radical (unpaired) electrons. The number of nitrogens with one attached hydrogen (secondary N) is 1. The van der Waals surface area contributed by atoms with Crippen molar-refractivity contribution in [3.8, 4) is 0 Å². The van der Waals surface area contributed by atoms with E-state index in [2.05, 4.69) is 5.32 Å². The van der Waals surface area contributed by atoms with Crippen molar-refractivity contribution in [2.75, 3.05) is 5.32 Å². The van der Waals surface area contributed by atoms with Crippen LogP contribution in [0, 0.1) is 13.8 Å². The number of Topliss-reactive ketones (excluding diaryl/α,β-unsaturated/α-hetero) is 1. The molecule has 3 aromatic rings. The fraction of sp³-hybridized carbons (Fsp3) is 0.0833. The van der Waals surface area contributed by atoms with Crippen LogP contribution in [0.25, 0.3) is 0 Å². The Bertz CT molecular complexity index is 1090. The van der Waals surface area contributed by atoms with Gasteiger partial charge >= 0.3 is 0 Å². The van der Waals surface area contributed by atoms with Crippen molar-refractivity contribution < 1.29 is 4.79 Å². The number of anilines is 1. The number of ketones is 1. The molecule has 0 amide bonds. The van der Waals surface area contributed by atoms with Crippen molar-refractivity contribution in [3.05, 3.63) is 107 Å². The van der Waals surface area contributed by atoms with Gasteiger partial charge in [-0.3, -0.25) is 4.79 Å². The van der Waals surface area contributed by atoms with Crippen LogP contribution in [-0.2, 0) is 0 Å². The van der Waals surface area contributed by atoms with Gasteiger partial charge in [-0.1, -0.05) is 48.5 Å². The summed E-state index contributed by atoms with van der Waals surface area (Å²) < 4.78 is 0. The molecule has 0 unspecified atom stereocenters. The molecule has 0 saturated carbocycles. The molecule has 4 rings (SSSR count). The lowest BCUT2D eigenvalue weighted by molar-refractivity contribution is 0.103. The summed E-state index contributed by atoms with van der Waals surface area (Å²) in [4.78, 5) is 17.8. The first kappa shape index (κ1) is 17.0. The number of carbonyl (C=O) groups excluding carboxylic acids is 1. The second kappa shape index (κ2) is 7.04. The van der Waals surface area contributed by atoms with E-state index in [0.717, 1.165) is 33.8 Å². The van der Waals surface area contributed by atoms with Gasteiger partial charge in [0.15, 0.2) is 0 Å². The van der Waals surface area contributed by atoms with Crippen LogP contribution in [0.3, 0.4) is 0 Å². The van der Waals surface area contributed by atoms with E-state index in [-0.39, 0.29) is 5.78 Å². The molecule has 1 aliphatic rings. The molecular formula is C24H20N2O. The molecule has 3 heteroatoms. The van der Waals surface area contributed by atoms with E-state index in [1.54, 1.807) is 0 Å². The van der Waals surface area contributed by atoms with Crippen LogP contribution in [0.5, 0.6) is 0 Å². The lowest BCUT2D eigenvalue weighted by atomic mass is 9.92. The van der Waals surface area contributed by atoms with Crippen LogP contribution in [0.2, 0.25) is 0 Å². The Hall–Kier alpha value is -3.46. The Morgan fingerprint density at radius 1 is 0.778 bits per heavy atom. The van der Waals surface area contributed by atoms with Crippen LogP contribution >= 0.6 is 0 Å². The Balaban J connectivity index is 1.80. The molecule has 0 fully saturated rings. The fourth-order valence-corrected chi connectivity index (χ4v) is 3.23. The number of rotatable bonds is 3. The van der Waals surface area contributed by atoms with E-state index in [1.165, 1.54) is 0 Å². The monoisotopic (exact) mass is 352 g/mol. The van der Waals surface area contributed by atoms with Crippen molar-refractivity contribution in [3.63, 3.8) is 0 Å². The number of allylic oxidation sites excluding steroid dienone is 2. The Kier molecular flexibility index (Phi) is 4.43. The lowest BCUT2D eigenvalue weighted by Crippen LogP contribution is -2.21. The van der Waals surface area contributed by atoms with Crippen molar-refractivity contribution in [2.45, 2.75) is 13.8 Å². The van der Waals surface area contributed by atoms with E-state index in [4.69, 9.17) is 4.99 Å². The number of hydrogen-bond acceptors (Lipinski definition) is 3. The SMILES string of the molecule is Cc1cccc(N=C2C=C(Nc3cccc(C)c3)C(=O)c3ccccc32)c1. The van der Waals surface area contributed by atoms with Crippen LogP contribution in [0.15, 0.2) is 89.6 Å². The molecule has 0 aromatic heterocycles. The topological polar surface area (TPSA) is 41.5 Å². The standard InChI is InChI=1S/C24H20N2O/c1-16-7-5-9-18(13-16)25-22-15-23(26-19-10-6-8-17(2)14-19)24(27)21-12-4-3-11-20(21)22/h3-15,26H,1-2H3. The van der Waals surface area contributed by atoms with Gasteiger partial charge in [-0.15, -0.1) is 0 Å². The number of aryl methyl sites for hydroxylation is 2. The Morgan fingerprint density at radius 2 is 1.48 bits per heavy atom. The molecule has 1 aliphatic carbocycles. The second-order valence-electron chi connectivity index (χ2n) is 6.76. The maximum atomic E-state index is 13.0. The predicted molar refractivity (Wildman–Crippen MR) is 111 cm³/mol. The molecule has 0 saturated heterocycles. The Labute approximate surface area is 159 Å². The third-order valence-corrected chi connectivity index (χ3v) is 4.52. The fourth-order valence-electron chi connectivity index (χ4n) is 3.23. The summed E-state index contributed by atoms with van der Waals surface area (Å²) in [6.07, 6.45) is 1.84. The minimum atomic E-state index is -0.0182. The lowest BCUT2D eigenvalue weighted by Gasteiger charge is -2.19. The van der Waals surface area contributed by atoms with Crippen LogP contribution in [0.4, 0.5) is 11.4 Å². The van der Waals surface area contributed by atoms with Gasteiger partial charge in [0.05, 0.1) is 17.1 Å². The summed E-state index contributed by atoms with van der Waals surface area (Å²) in [7, 11) is 0. The normalized spacial score (nSPS) is 14.7. The highest BCUT2D eigenvalue weighted by atomic mass is 16.1. The number of nitrogens with zero attached hydrogens (tertiary/aromatic N) is 1. The van der Waals surface area contributed by atoms with Gasteiger partial charge in [0.1, 0.15) is 0 Å². The van der Waals surface area contributed by atoms with Crippen molar-refractivity contribution in [2.24, 2.45) is 4.99 Å². The first-order valence-corrected chi connectivity index (χ1v) is 8.95. The zero-order valence-corrected chi connectivity index (χ0v) is 15.4. The summed E-state index contributed by atoms with van der Waals surface area (Å²) in [5.41, 5.74) is 6.90. The molecular weight excluding hydrogens is 332 g/mol. The van der Waals surface area contributed by atoms with Gasteiger partial charge in [0, 0.05) is 16.8 Å². The molecule has 132 valence electrons. The minimum Gasteiger partial charge on any atom is -0.352 e. The average molecular weight is 352 g/mol. The first-order valence-electron chi connectivity index (χ1n) is 8.95. The third-order valence-electron chi connectivity index (χ3n) is 4.52. The van der Waals surface area contributed by atoms with Gasteiger partial charge < -0.3 is 5.32 Å². The number of hydrogen-bond donors (Lipinski definition) is 1. The van der Waals surface area contributed by atoms with Crippen molar-refractivity contribution >= 4 is 22.9 Å². The summed E-state index contributed by atoms with van der Waals surface area (Å²) in [5, 5.41) is 3.27. The first-order chi connectivity index (χ1) is 13.1. The minimum absolute atomic E-state index is 0.0182. The van der Waals surface area contributed by atoms with Gasteiger partial charge in [-0.2, -0.15) is 0 Å². The van der Waals surface area contributed by atoms with E-state index in [9.17, 15) is 4.79 Å². The number of fused-ring (bicyclic) bond motifs is 1. The molecule has 0 aliphatic heterocycles. The number of carbonyl (C=O) groups is 1. The summed E-state index contributed by atoms with van der Waals surface area (Å²) in [6, 6.07) is 23.6. The molecule has 1 N–H and O–H groups in total. The third kappa shape index (κ3) is 3.58. The van der Waals surface area contributed by atoms with Crippen molar-refractivity contribution in [1.29, 1.82) is 0 Å². The number of aliphatic imine (C=N–C) groups is 1. The number of benzene rings is 3. The smallest absolute Gasteiger partial charge is 0.209 e. The predicted octanol–water partition coefficient (Wildman–Crippen LogP) is 5.62. The van der Waals surface area contributed by atoms with Gasteiger partial charge in [0.25, 0.3) is 0 Å². The molecule has 0 bridgehead atoms. The highest BCUT2D eigenvalue weighted by Gasteiger charge is 2.24. The quantitative estimate of drug-likeness (QED) is 0.665. The summed E-state index contributed by atoms with van der Waals surface area (Å²) in [6.45, 7) is 4.07. The summed E-state index contributed by atoms with van der Waals surface area (Å²) >= 11 is 0. The van der Waals surface area contributed by atoms with Crippen LogP contribution in [-0.4, -0.2) is 11.5 Å². The molecule has 27 heavy (non-hydrogen) atoms. The molecule has 0 atom stereocenters. The maximum absolute atomic E-state index is 13.0. The highest BCUT2D eigenvalue weighted by Crippen LogP contribution is 2.26. The molecule has 3 nitrogen and oxygen atoms in total. The highest BCUT2D eigenvalue weighted by molar-refractivity contribution is 6.27. The maximum Gasteiger partial charge on any atom is 0.209 e. The van der Waals surface area contributed by atoms with E-state index in [1.807, 2.05) is 92.7 Å². The zero-order chi connectivity index (χ0) is 18.8. The zero-order valence-electron chi connectivity index (χ0n) is 15.4. The second-order valence-corrected chi connectivity index (χ2v) is 6.76. The van der Waals surface area contributed by atoms with Crippen LogP contribution in [0.1, 0.15) is 27.0 Å². The van der Waals surface area contributed by atoms with Crippen LogP contribution < -0.4 is 5.32 Å². The molecule has 0 spiro atoms. The average Bonchev–Trinajstić information content (AvgIpc) is 2.66. The van der Waals surface area contributed by atoms with E-state index >= 15 is 0 Å². The van der Waals surface area contributed by atoms with E-state index < -0.39 is 0 Å². The van der Waals surface area contributed by atoms with Gasteiger partial charge in [0.2, 0.25) is 5.78 Å². The Morgan fingerprint density at radius 3 is 2.22 bits per heavy atom. The largest absolute Gasteiger partial charge is 0.352 e.